The summed E-state index contributed by atoms with van der Waals surface area (Å²) in [5.74, 6) is 0.234. The van der Waals surface area contributed by atoms with Gasteiger partial charge in [-0.15, -0.1) is 0 Å². The maximum absolute atomic E-state index is 11.0. The minimum absolute atomic E-state index is 0.234. The second-order valence-electron chi connectivity index (χ2n) is 4.77. The average Bonchev–Trinajstić information content (AvgIpc) is 2.69. The van der Waals surface area contributed by atoms with E-state index in [1.807, 2.05) is 6.33 Å². The van der Waals surface area contributed by atoms with Crippen LogP contribution in [0.5, 0.6) is 0 Å². The third-order valence-electron chi connectivity index (χ3n) is 2.96. The Bertz CT molecular complexity index is 540. The van der Waals surface area contributed by atoms with Gasteiger partial charge in [-0.3, -0.25) is 0 Å². The number of rotatable bonds is 4. The molecule has 90 valence electrons. The van der Waals surface area contributed by atoms with Gasteiger partial charge >= 0.3 is 0 Å². The molecule has 0 bridgehead atoms. The largest absolute Gasteiger partial charge is 0.328 e. The maximum Gasteiger partial charge on any atom is 0.130 e. The van der Waals surface area contributed by atoms with Crippen molar-refractivity contribution in [1.82, 2.24) is 9.55 Å². The van der Waals surface area contributed by atoms with Crippen LogP contribution in [-0.2, 0) is 11.2 Å². The predicted octanol–water partition coefficient (Wildman–Crippen LogP) is 3.14. The van der Waals surface area contributed by atoms with Crippen molar-refractivity contribution < 1.29 is 4.79 Å². The number of nitrogens with zero attached hydrogens (tertiary/aromatic N) is 2. The number of Topliss-reactive ketones (excluding diaryl/α,β-unsaturated/α-hetero) is 1. The Morgan fingerprint density at radius 3 is 2.82 bits per heavy atom. The van der Waals surface area contributed by atoms with Crippen molar-refractivity contribution >= 4 is 16.8 Å². The molecular formula is C14H18N2O. The molecule has 0 atom stereocenters. The van der Waals surface area contributed by atoms with Crippen molar-refractivity contribution in [3.8, 4) is 0 Å². The Kier molecular flexibility index (Phi) is 3.27. The van der Waals surface area contributed by atoms with E-state index in [-0.39, 0.29) is 5.78 Å². The molecular weight excluding hydrogens is 212 g/mol. The quantitative estimate of drug-likeness (QED) is 0.808. The molecule has 2 aromatic rings. The lowest BCUT2D eigenvalue weighted by Gasteiger charge is -2.08. The summed E-state index contributed by atoms with van der Waals surface area (Å²) < 4.78 is 2.16. The predicted molar refractivity (Wildman–Crippen MR) is 69.1 cm³/mol. The summed E-state index contributed by atoms with van der Waals surface area (Å²) in [6, 6.07) is 6.68. The first-order valence-corrected chi connectivity index (χ1v) is 6.03. The van der Waals surface area contributed by atoms with E-state index in [1.54, 1.807) is 6.92 Å². The van der Waals surface area contributed by atoms with E-state index in [0.717, 1.165) is 17.5 Å². The lowest BCUT2D eigenvalue weighted by Crippen LogP contribution is -1.98. The van der Waals surface area contributed by atoms with Gasteiger partial charge in [-0.1, -0.05) is 6.07 Å². The minimum atomic E-state index is 0.234. The van der Waals surface area contributed by atoms with E-state index in [0.29, 0.717) is 12.5 Å². The van der Waals surface area contributed by atoms with Gasteiger partial charge in [0.05, 0.1) is 17.4 Å². The molecule has 0 radical (unpaired) electrons. The van der Waals surface area contributed by atoms with Crippen molar-refractivity contribution in [2.24, 2.45) is 0 Å². The monoisotopic (exact) mass is 230 g/mol. The molecule has 1 aromatic carbocycles. The Morgan fingerprint density at radius 1 is 1.41 bits per heavy atom. The van der Waals surface area contributed by atoms with Crippen LogP contribution in [0.4, 0.5) is 0 Å². The number of hydrogen-bond donors (Lipinski definition) is 0. The van der Waals surface area contributed by atoms with Crippen molar-refractivity contribution in [2.45, 2.75) is 39.7 Å². The number of imidazole rings is 1. The van der Waals surface area contributed by atoms with Gasteiger partial charge in [-0.05, 0) is 44.9 Å². The summed E-state index contributed by atoms with van der Waals surface area (Å²) in [5, 5.41) is 0. The summed E-state index contributed by atoms with van der Waals surface area (Å²) in [5.41, 5.74) is 3.35. The standard InChI is InChI=1S/C14H18N2O/c1-10(2)16-9-15-13-8-12(5-4-11(3)17)6-7-14(13)16/h6-10H,4-5H2,1-3H3. The number of aryl methyl sites for hydroxylation is 1. The second-order valence-corrected chi connectivity index (χ2v) is 4.77. The molecule has 0 aliphatic carbocycles. The van der Waals surface area contributed by atoms with Crippen LogP contribution in [0.15, 0.2) is 24.5 Å². The number of aromatic nitrogens is 2. The zero-order valence-electron chi connectivity index (χ0n) is 10.6. The summed E-state index contributed by atoms with van der Waals surface area (Å²) in [6.45, 7) is 5.92. The summed E-state index contributed by atoms with van der Waals surface area (Å²) in [4.78, 5) is 15.4. The Balaban J connectivity index is 2.29. The summed E-state index contributed by atoms with van der Waals surface area (Å²) in [7, 11) is 0. The molecule has 2 rings (SSSR count). The van der Waals surface area contributed by atoms with Gasteiger partial charge in [0, 0.05) is 12.5 Å². The third-order valence-corrected chi connectivity index (χ3v) is 2.96. The van der Waals surface area contributed by atoms with Crippen LogP contribution in [0, 0.1) is 0 Å². The highest BCUT2D eigenvalue weighted by Gasteiger charge is 2.06. The highest BCUT2D eigenvalue weighted by Crippen LogP contribution is 2.19. The molecule has 0 saturated heterocycles. The van der Waals surface area contributed by atoms with Crippen molar-refractivity contribution in [2.75, 3.05) is 0 Å². The molecule has 1 heterocycles. The fourth-order valence-electron chi connectivity index (χ4n) is 1.96. The molecule has 0 unspecified atom stereocenters. The normalized spacial score (nSPS) is 11.3. The smallest absolute Gasteiger partial charge is 0.130 e. The fourth-order valence-corrected chi connectivity index (χ4v) is 1.96. The molecule has 0 saturated carbocycles. The van der Waals surface area contributed by atoms with E-state index >= 15 is 0 Å². The average molecular weight is 230 g/mol. The SMILES string of the molecule is CC(=O)CCc1ccc2c(c1)ncn2C(C)C. The number of fused-ring (bicyclic) bond motifs is 1. The molecule has 0 aliphatic heterocycles. The maximum atomic E-state index is 11.0. The summed E-state index contributed by atoms with van der Waals surface area (Å²) in [6.07, 6.45) is 3.29. The van der Waals surface area contributed by atoms with E-state index in [9.17, 15) is 4.79 Å². The van der Waals surface area contributed by atoms with Crippen LogP contribution >= 0.6 is 0 Å². The Hall–Kier alpha value is -1.64. The number of benzene rings is 1. The Labute approximate surface area is 101 Å². The third kappa shape index (κ3) is 2.54. The highest BCUT2D eigenvalue weighted by atomic mass is 16.1. The summed E-state index contributed by atoms with van der Waals surface area (Å²) >= 11 is 0. The minimum Gasteiger partial charge on any atom is -0.328 e. The van der Waals surface area contributed by atoms with Crippen molar-refractivity contribution in [1.29, 1.82) is 0 Å². The van der Waals surface area contributed by atoms with Crippen LogP contribution in [0.1, 0.15) is 38.8 Å². The van der Waals surface area contributed by atoms with E-state index in [4.69, 9.17) is 0 Å². The van der Waals surface area contributed by atoms with Gasteiger partial charge in [-0.25, -0.2) is 4.98 Å². The topological polar surface area (TPSA) is 34.9 Å². The van der Waals surface area contributed by atoms with Gasteiger partial charge < -0.3 is 9.36 Å². The molecule has 0 amide bonds. The molecule has 0 N–H and O–H groups in total. The van der Waals surface area contributed by atoms with Gasteiger partial charge in [-0.2, -0.15) is 0 Å². The van der Waals surface area contributed by atoms with Crippen LogP contribution in [0.2, 0.25) is 0 Å². The van der Waals surface area contributed by atoms with Crippen LogP contribution < -0.4 is 0 Å². The van der Waals surface area contributed by atoms with Crippen LogP contribution in [0.3, 0.4) is 0 Å². The van der Waals surface area contributed by atoms with E-state index in [2.05, 4.69) is 41.6 Å². The molecule has 0 spiro atoms. The van der Waals surface area contributed by atoms with Gasteiger partial charge in [0.15, 0.2) is 0 Å². The van der Waals surface area contributed by atoms with Gasteiger partial charge in [0.2, 0.25) is 0 Å². The zero-order chi connectivity index (χ0) is 12.4. The van der Waals surface area contributed by atoms with Gasteiger partial charge in [0.25, 0.3) is 0 Å². The lowest BCUT2D eigenvalue weighted by atomic mass is 10.1. The Morgan fingerprint density at radius 2 is 2.18 bits per heavy atom. The van der Waals surface area contributed by atoms with Gasteiger partial charge in [0.1, 0.15) is 5.78 Å². The molecule has 0 fully saturated rings. The highest BCUT2D eigenvalue weighted by molar-refractivity contribution is 5.77. The molecule has 0 aliphatic rings. The van der Waals surface area contributed by atoms with E-state index in [1.165, 1.54) is 5.56 Å². The number of hydrogen-bond acceptors (Lipinski definition) is 2. The second kappa shape index (κ2) is 4.70. The number of ketones is 1. The molecule has 17 heavy (non-hydrogen) atoms. The van der Waals surface area contributed by atoms with Crippen molar-refractivity contribution in [3.63, 3.8) is 0 Å². The molecule has 1 aromatic heterocycles. The number of carbonyl (C=O) groups excluding carboxylic acids is 1. The molecule has 3 heteroatoms. The lowest BCUT2D eigenvalue weighted by molar-refractivity contribution is -0.116. The zero-order valence-corrected chi connectivity index (χ0v) is 10.6. The van der Waals surface area contributed by atoms with Crippen LogP contribution in [-0.4, -0.2) is 15.3 Å². The van der Waals surface area contributed by atoms with Crippen LogP contribution in [0.25, 0.3) is 11.0 Å². The number of carbonyl (C=O) groups is 1. The molecule has 3 nitrogen and oxygen atoms in total. The van der Waals surface area contributed by atoms with Crippen molar-refractivity contribution in [3.05, 3.63) is 30.1 Å². The van der Waals surface area contributed by atoms with E-state index < -0.39 is 0 Å². The fraction of sp³-hybridized carbons (Fsp3) is 0.429. The first-order chi connectivity index (χ1) is 8.08. The first-order valence-electron chi connectivity index (χ1n) is 6.03. The first kappa shape index (κ1) is 11.8.